The Morgan fingerprint density at radius 3 is 2.57 bits per heavy atom. The summed E-state index contributed by atoms with van der Waals surface area (Å²) in [5.74, 6) is -0.817. The van der Waals surface area contributed by atoms with Crippen LogP contribution in [0, 0.1) is 16.7 Å². The van der Waals surface area contributed by atoms with Crippen molar-refractivity contribution in [3.8, 4) is 0 Å². The van der Waals surface area contributed by atoms with E-state index in [-0.39, 0.29) is 5.92 Å². The summed E-state index contributed by atoms with van der Waals surface area (Å²) < 4.78 is 15.5. The molecule has 3 rings (SSSR count). The lowest BCUT2D eigenvalue weighted by Gasteiger charge is -2.53. The molecule has 0 aliphatic heterocycles. The summed E-state index contributed by atoms with van der Waals surface area (Å²) in [4.78, 5) is 25.4. The predicted molar refractivity (Wildman–Crippen MR) is 79.3 cm³/mol. The minimum atomic E-state index is -1.94. The molecule has 1 saturated carbocycles. The molecule has 0 unspecified atom stereocenters. The maximum atomic E-state index is 12.8. The van der Waals surface area contributed by atoms with E-state index in [0.29, 0.717) is 30.6 Å². The lowest BCUT2D eigenvalue weighted by atomic mass is 9.49. The van der Waals surface area contributed by atoms with Gasteiger partial charge in [-0.2, -0.15) is 0 Å². The van der Waals surface area contributed by atoms with Gasteiger partial charge in [0, 0.05) is 17.4 Å². The van der Waals surface area contributed by atoms with Crippen LogP contribution in [-0.2, 0) is 31.1 Å². The number of rotatable bonds is 2. The number of carbonyl (C=O) groups is 2. The monoisotopic (exact) mass is 322 g/mol. The molecule has 0 saturated heterocycles. The van der Waals surface area contributed by atoms with Crippen LogP contribution in [0.25, 0.3) is 0 Å². The van der Waals surface area contributed by atoms with Crippen molar-refractivity contribution >= 4 is 11.9 Å². The van der Waals surface area contributed by atoms with Crippen molar-refractivity contribution in [1.29, 1.82) is 0 Å². The van der Waals surface area contributed by atoms with E-state index in [4.69, 9.17) is 13.9 Å². The van der Waals surface area contributed by atoms with Gasteiger partial charge < -0.3 is 19.0 Å². The molecular weight excluding hydrogens is 300 g/mol. The lowest BCUT2D eigenvalue weighted by Crippen LogP contribution is -2.64. The number of hydrogen-bond acceptors (Lipinski definition) is 6. The van der Waals surface area contributed by atoms with Crippen molar-refractivity contribution in [2.24, 2.45) is 16.7 Å². The molecule has 1 N–H and O–H groups in total. The van der Waals surface area contributed by atoms with Gasteiger partial charge in [0.2, 0.25) is 0 Å². The average molecular weight is 322 g/mol. The Kier molecular flexibility index (Phi) is 3.38. The van der Waals surface area contributed by atoms with Gasteiger partial charge in [0.1, 0.15) is 5.76 Å². The topological polar surface area (TPSA) is 86.0 Å². The molecule has 1 fully saturated rings. The molecule has 0 aromatic carbocycles. The summed E-state index contributed by atoms with van der Waals surface area (Å²) >= 11 is 0. The van der Waals surface area contributed by atoms with Gasteiger partial charge in [-0.1, -0.05) is 13.8 Å². The summed E-state index contributed by atoms with van der Waals surface area (Å²) in [6.45, 7) is 3.73. The van der Waals surface area contributed by atoms with E-state index >= 15 is 0 Å². The first-order valence-electron chi connectivity index (χ1n) is 7.75. The van der Waals surface area contributed by atoms with Crippen LogP contribution in [0.15, 0.2) is 16.7 Å². The molecule has 1 aromatic heterocycles. The minimum absolute atomic E-state index is 0.0608. The summed E-state index contributed by atoms with van der Waals surface area (Å²) in [5, 5.41) is 11.5. The number of ether oxygens (including phenoxy) is 2. The zero-order valence-corrected chi connectivity index (χ0v) is 13.8. The van der Waals surface area contributed by atoms with Crippen LogP contribution in [0.5, 0.6) is 0 Å². The smallest absolute Gasteiger partial charge is 0.343 e. The minimum Gasteiger partial charge on any atom is -0.469 e. The molecule has 126 valence electrons. The first-order chi connectivity index (χ1) is 10.8. The third kappa shape index (κ3) is 1.57. The van der Waals surface area contributed by atoms with E-state index in [9.17, 15) is 14.7 Å². The Labute approximate surface area is 134 Å². The van der Waals surface area contributed by atoms with E-state index in [1.807, 2.05) is 6.92 Å². The normalized spacial score (nSPS) is 38.6. The number of methoxy groups -OCH3 is 2. The summed E-state index contributed by atoms with van der Waals surface area (Å²) in [5.41, 5.74) is -3.62. The van der Waals surface area contributed by atoms with Gasteiger partial charge in [0.25, 0.3) is 0 Å². The highest BCUT2D eigenvalue weighted by Crippen LogP contribution is 2.68. The fourth-order valence-electron chi connectivity index (χ4n) is 4.91. The van der Waals surface area contributed by atoms with Crippen LogP contribution >= 0.6 is 0 Å². The second kappa shape index (κ2) is 4.84. The second-order valence-electron chi connectivity index (χ2n) is 6.87. The Hall–Kier alpha value is -1.82. The quantitative estimate of drug-likeness (QED) is 0.836. The van der Waals surface area contributed by atoms with Crippen LogP contribution in [-0.4, -0.2) is 31.3 Å². The van der Waals surface area contributed by atoms with Gasteiger partial charge in [-0.05, 0) is 24.8 Å². The van der Waals surface area contributed by atoms with Crippen LogP contribution in [0.3, 0.4) is 0 Å². The van der Waals surface area contributed by atoms with Crippen molar-refractivity contribution in [3.63, 3.8) is 0 Å². The third-order valence-corrected chi connectivity index (χ3v) is 6.31. The zero-order chi connectivity index (χ0) is 17.0. The van der Waals surface area contributed by atoms with Gasteiger partial charge >= 0.3 is 11.9 Å². The number of aliphatic hydroxyl groups is 1. The Morgan fingerprint density at radius 2 is 1.96 bits per heavy atom. The SMILES string of the molecule is COC(=O)[C@]1(O)c2ccoc2C[C@@]2(C(=O)OC)[C@H](C)CC[C@@]12C. The van der Waals surface area contributed by atoms with Crippen LogP contribution in [0.4, 0.5) is 0 Å². The Balaban J connectivity index is 2.34. The molecule has 0 amide bonds. The first-order valence-corrected chi connectivity index (χ1v) is 7.75. The number of furan rings is 1. The van der Waals surface area contributed by atoms with Crippen LogP contribution in [0.2, 0.25) is 0 Å². The van der Waals surface area contributed by atoms with Crippen molar-refractivity contribution in [3.05, 3.63) is 23.7 Å². The van der Waals surface area contributed by atoms with Crippen molar-refractivity contribution < 1.29 is 28.6 Å². The molecule has 0 bridgehead atoms. The summed E-state index contributed by atoms with van der Waals surface area (Å²) in [6.07, 6.45) is 2.95. The molecule has 2 aliphatic rings. The highest BCUT2D eigenvalue weighted by Gasteiger charge is 2.75. The summed E-state index contributed by atoms with van der Waals surface area (Å²) in [6, 6.07) is 1.59. The van der Waals surface area contributed by atoms with E-state index in [1.54, 1.807) is 13.0 Å². The fourth-order valence-corrected chi connectivity index (χ4v) is 4.91. The maximum Gasteiger partial charge on any atom is 0.343 e. The number of fused-ring (bicyclic) bond motifs is 2. The van der Waals surface area contributed by atoms with Crippen molar-refractivity contribution in [2.75, 3.05) is 14.2 Å². The molecule has 0 radical (unpaired) electrons. The van der Waals surface area contributed by atoms with E-state index < -0.39 is 28.4 Å². The third-order valence-electron chi connectivity index (χ3n) is 6.31. The highest BCUT2D eigenvalue weighted by atomic mass is 16.5. The molecule has 1 aromatic rings. The molecular formula is C17H22O6. The van der Waals surface area contributed by atoms with Gasteiger partial charge in [-0.25, -0.2) is 4.79 Å². The van der Waals surface area contributed by atoms with Gasteiger partial charge in [0.15, 0.2) is 5.60 Å². The Bertz CT molecular complexity index is 664. The van der Waals surface area contributed by atoms with Crippen LogP contribution < -0.4 is 0 Å². The largest absolute Gasteiger partial charge is 0.469 e. The Morgan fingerprint density at radius 1 is 1.30 bits per heavy atom. The van der Waals surface area contributed by atoms with Crippen molar-refractivity contribution in [2.45, 2.75) is 38.7 Å². The average Bonchev–Trinajstić information content (AvgIpc) is 3.12. The predicted octanol–water partition coefficient (Wildman–Crippen LogP) is 1.79. The molecule has 23 heavy (non-hydrogen) atoms. The maximum absolute atomic E-state index is 12.8. The second-order valence-corrected chi connectivity index (χ2v) is 6.87. The molecule has 2 aliphatic carbocycles. The molecule has 1 heterocycles. The number of hydrogen-bond donors (Lipinski definition) is 1. The van der Waals surface area contributed by atoms with Crippen molar-refractivity contribution in [1.82, 2.24) is 0 Å². The van der Waals surface area contributed by atoms with Gasteiger partial charge in [-0.15, -0.1) is 0 Å². The highest BCUT2D eigenvalue weighted by molar-refractivity contribution is 5.88. The van der Waals surface area contributed by atoms with E-state index in [0.717, 1.165) is 0 Å². The summed E-state index contributed by atoms with van der Waals surface area (Å²) in [7, 11) is 2.56. The van der Waals surface area contributed by atoms with Gasteiger partial charge in [-0.3, -0.25) is 4.79 Å². The fraction of sp³-hybridized carbons (Fsp3) is 0.647. The van der Waals surface area contributed by atoms with E-state index in [2.05, 4.69) is 0 Å². The van der Waals surface area contributed by atoms with Gasteiger partial charge in [0.05, 0.1) is 25.9 Å². The lowest BCUT2D eigenvalue weighted by molar-refractivity contribution is -0.210. The number of esters is 2. The van der Waals surface area contributed by atoms with E-state index in [1.165, 1.54) is 20.5 Å². The zero-order valence-electron chi connectivity index (χ0n) is 13.8. The first kappa shape index (κ1) is 16.1. The molecule has 4 atom stereocenters. The molecule has 6 nitrogen and oxygen atoms in total. The van der Waals surface area contributed by atoms with Crippen LogP contribution in [0.1, 0.15) is 38.0 Å². The standard InChI is InChI=1S/C17H22O6/c1-10-5-7-15(2)16(10,13(18)21-3)9-12-11(6-8-23-12)17(15,20)14(19)22-4/h6,8,10,20H,5,7,9H2,1-4H3/t10-,15-,16+,17-/m1/s1. The molecule has 6 heteroatoms. The molecule has 0 spiro atoms. The number of carbonyl (C=O) groups excluding carboxylic acids is 2.